The average Bonchev–Trinajstić information content (AvgIpc) is 2.77. The van der Waals surface area contributed by atoms with Gasteiger partial charge in [-0.25, -0.2) is 0 Å². The van der Waals surface area contributed by atoms with Gasteiger partial charge in [0.2, 0.25) is 6.29 Å². The maximum atomic E-state index is 10.4. The van der Waals surface area contributed by atoms with E-state index in [0.717, 1.165) is 13.0 Å². The molecule has 1 unspecified atom stereocenters. The third kappa shape index (κ3) is 3.12. The van der Waals surface area contributed by atoms with Crippen molar-refractivity contribution in [1.29, 1.82) is 0 Å². The average molecular weight is 237 g/mol. The number of carbonyl (C=O) groups is 1. The monoisotopic (exact) mass is 237 g/mol. The van der Waals surface area contributed by atoms with Gasteiger partial charge in [0.05, 0.1) is 0 Å². The van der Waals surface area contributed by atoms with Gasteiger partial charge >= 0.3 is 0 Å². The molecule has 1 fully saturated rings. The molecular formula is C12H19N3O2. The lowest BCUT2D eigenvalue weighted by molar-refractivity contribution is 0.108. The third-order valence-corrected chi connectivity index (χ3v) is 3.34. The van der Waals surface area contributed by atoms with Gasteiger partial charge in [-0.05, 0) is 39.2 Å². The fourth-order valence-corrected chi connectivity index (χ4v) is 2.39. The minimum absolute atomic E-state index is 0.0801. The molecule has 1 aromatic rings. The minimum atomic E-state index is 0.0801. The first-order valence-corrected chi connectivity index (χ1v) is 6.21. The van der Waals surface area contributed by atoms with Gasteiger partial charge in [0.15, 0.2) is 5.82 Å². The van der Waals surface area contributed by atoms with Gasteiger partial charge in [-0.2, -0.15) is 4.98 Å². The molecule has 0 spiro atoms. The summed E-state index contributed by atoms with van der Waals surface area (Å²) in [5.74, 6) is 1.31. The van der Waals surface area contributed by atoms with E-state index >= 15 is 0 Å². The number of likely N-dealkylation sites (tertiary alicyclic amines) is 1. The van der Waals surface area contributed by atoms with Gasteiger partial charge in [-0.3, -0.25) is 4.79 Å². The van der Waals surface area contributed by atoms with Crippen LogP contribution in [0, 0.1) is 5.92 Å². The van der Waals surface area contributed by atoms with Crippen LogP contribution in [0.1, 0.15) is 43.2 Å². The van der Waals surface area contributed by atoms with Gasteiger partial charge in [0, 0.05) is 19.0 Å². The summed E-state index contributed by atoms with van der Waals surface area (Å²) in [5, 5.41) is 3.82. The number of rotatable bonds is 4. The largest absolute Gasteiger partial charge is 0.331 e. The molecule has 17 heavy (non-hydrogen) atoms. The van der Waals surface area contributed by atoms with Crippen molar-refractivity contribution in [2.24, 2.45) is 5.92 Å². The van der Waals surface area contributed by atoms with E-state index in [2.05, 4.69) is 28.9 Å². The van der Waals surface area contributed by atoms with Crippen LogP contribution >= 0.6 is 0 Å². The molecule has 1 saturated heterocycles. The van der Waals surface area contributed by atoms with Crippen LogP contribution in [0.15, 0.2) is 4.52 Å². The van der Waals surface area contributed by atoms with E-state index in [1.807, 2.05) is 0 Å². The summed E-state index contributed by atoms with van der Waals surface area (Å²) in [6, 6.07) is 0.591. The molecule has 0 saturated carbocycles. The SMILES string of the molecule is CC(C)N1CCCC(Cc2noc(C=O)n2)C1. The summed E-state index contributed by atoms with van der Waals surface area (Å²) >= 11 is 0. The number of hydrogen-bond acceptors (Lipinski definition) is 5. The highest BCUT2D eigenvalue weighted by Crippen LogP contribution is 2.21. The van der Waals surface area contributed by atoms with E-state index in [-0.39, 0.29) is 5.89 Å². The lowest BCUT2D eigenvalue weighted by Crippen LogP contribution is -2.40. The van der Waals surface area contributed by atoms with Crippen molar-refractivity contribution in [3.05, 3.63) is 11.7 Å². The maximum Gasteiger partial charge on any atom is 0.290 e. The van der Waals surface area contributed by atoms with Gasteiger partial charge < -0.3 is 9.42 Å². The van der Waals surface area contributed by atoms with Gasteiger partial charge in [0.25, 0.3) is 5.89 Å². The Morgan fingerprint density at radius 1 is 1.59 bits per heavy atom. The Labute approximate surface area is 101 Å². The van der Waals surface area contributed by atoms with E-state index < -0.39 is 0 Å². The first-order valence-electron chi connectivity index (χ1n) is 6.21. The molecule has 1 atom stereocenters. The zero-order chi connectivity index (χ0) is 12.3. The van der Waals surface area contributed by atoms with Crippen LogP contribution in [0.3, 0.4) is 0 Å². The molecular weight excluding hydrogens is 218 g/mol. The predicted octanol–water partition coefficient (Wildman–Crippen LogP) is 1.54. The molecule has 0 N–H and O–H groups in total. The number of piperidine rings is 1. The van der Waals surface area contributed by atoms with Gasteiger partial charge in [-0.15, -0.1) is 0 Å². The van der Waals surface area contributed by atoms with Crippen molar-refractivity contribution in [1.82, 2.24) is 15.0 Å². The first-order chi connectivity index (χ1) is 8.19. The second-order valence-corrected chi connectivity index (χ2v) is 4.97. The molecule has 2 rings (SSSR count). The van der Waals surface area contributed by atoms with E-state index in [1.54, 1.807) is 0 Å². The molecule has 0 aliphatic carbocycles. The highest BCUT2D eigenvalue weighted by Gasteiger charge is 2.23. The summed E-state index contributed by atoms with van der Waals surface area (Å²) < 4.78 is 4.79. The molecule has 1 aliphatic rings. The number of aromatic nitrogens is 2. The van der Waals surface area contributed by atoms with E-state index in [4.69, 9.17) is 4.52 Å². The van der Waals surface area contributed by atoms with Crippen LogP contribution in [0.25, 0.3) is 0 Å². The Balaban J connectivity index is 1.92. The number of nitrogens with zero attached hydrogens (tertiary/aromatic N) is 3. The summed E-state index contributed by atoms with van der Waals surface area (Å²) in [4.78, 5) is 17.0. The number of hydrogen-bond donors (Lipinski definition) is 0. The zero-order valence-electron chi connectivity index (χ0n) is 10.4. The van der Waals surface area contributed by atoms with E-state index in [0.29, 0.717) is 24.1 Å². The molecule has 0 aromatic carbocycles. The predicted molar refractivity (Wildman–Crippen MR) is 62.8 cm³/mol. The van der Waals surface area contributed by atoms with Crippen LogP contribution in [0.4, 0.5) is 0 Å². The molecule has 1 aromatic heterocycles. The number of carbonyl (C=O) groups excluding carboxylic acids is 1. The molecule has 1 aliphatic heterocycles. The lowest BCUT2D eigenvalue weighted by Gasteiger charge is -2.35. The fraction of sp³-hybridized carbons (Fsp3) is 0.750. The molecule has 0 radical (unpaired) electrons. The maximum absolute atomic E-state index is 10.4. The Morgan fingerprint density at radius 2 is 2.41 bits per heavy atom. The fourth-order valence-electron chi connectivity index (χ4n) is 2.39. The standard InChI is InChI=1S/C12H19N3O2/c1-9(2)15-5-3-4-10(7-15)6-11-13-12(8-16)17-14-11/h8-10H,3-7H2,1-2H3. The van der Waals surface area contributed by atoms with Crippen LogP contribution in [-0.4, -0.2) is 40.5 Å². The normalized spacial score (nSPS) is 21.9. The number of aldehydes is 1. The molecule has 94 valence electrons. The molecule has 5 heteroatoms. The quantitative estimate of drug-likeness (QED) is 0.743. The van der Waals surface area contributed by atoms with Crippen LogP contribution in [-0.2, 0) is 6.42 Å². The molecule has 2 heterocycles. The molecule has 0 bridgehead atoms. The first kappa shape index (κ1) is 12.2. The van der Waals surface area contributed by atoms with Crippen molar-refractivity contribution in [3.8, 4) is 0 Å². The summed E-state index contributed by atoms with van der Waals surface area (Å²) in [6.45, 7) is 6.71. The second-order valence-electron chi connectivity index (χ2n) is 4.97. The zero-order valence-corrected chi connectivity index (χ0v) is 10.4. The van der Waals surface area contributed by atoms with E-state index in [1.165, 1.54) is 19.4 Å². The van der Waals surface area contributed by atoms with Crippen molar-refractivity contribution in [2.75, 3.05) is 13.1 Å². The van der Waals surface area contributed by atoms with Crippen molar-refractivity contribution in [3.63, 3.8) is 0 Å². The second kappa shape index (κ2) is 5.40. The topological polar surface area (TPSA) is 59.2 Å². The van der Waals surface area contributed by atoms with Crippen LogP contribution in [0.5, 0.6) is 0 Å². The Bertz CT molecular complexity index is 376. The highest BCUT2D eigenvalue weighted by atomic mass is 16.5. The van der Waals surface area contributed by atoms with Gasteiger partial charge in [0.1, 0.15) is 0 Å². The molecule has 0 amide bonds. The van der Waals surface area contributed by atoms with Gasteiger partial charge in [-0.1, -0.05) is 5.16 Å². The lowest BCUT2D eigenvalue weighted by atomic mass is 9.94. The summed E-state index contributed by atoms with van der Waals surface area (Å²) in [6.07, 6.45) is 3.83. The highest BCUT2D eigenvalue weighted by molar-refractivity contribution is 5.66. The van der Waals surface area contributed by atoms with Crippen LogP contribution in [0.2, 0.25) is 0 Å². The summed E-state index contributed by atoms with van der Waals surface area (Å²) in [5.41, 5.74) is 0. The molecule has 5 nitrogen and oxygen atoms in total. The smallest absolute Gasteiger partial charge is 0.290 e. The Hall–Kier alpha value is -1.23. The van der Waals surface area contributed by atoms with E-state index in [9.17, 15) is 4.79 Å². The third-order valence-electron chi connectivity index (χ3n) is 3.34. The summed E-state index contributed by atoms with van der Waals surface area (Å²) in [7, 11) is 0. The van der Waals surface area contributed by atoms with Crippen LogP contribution < -0.4 is 0 Å². The Morgan fingerprint density at radius 3 is 3.06 bits per heavy atom. The van der Waals surface area contributed by atoms with Crippen molar-refractivity contribution >= 4 is 6.29 Å². The van der Waals surface area contributed by atoms with Crippen molar-refractivity contribution in [2.45, 2.75) is 39.2 Å². The Kier molecular flexibility index (Phi) is 3.89. The minimum Gasteiger partial charge on any atom is -0.331 e. The van der Waals surface area contributed by atoms with Crippen molar-refractivity contribution < 1.29 is 9.32 Å².